The Balaban J connectivity index is 2.00. The molecule has 1 heterocycles. The van der Waals surface area contributed by atoms with Gasteiger partial charge in [-0.1, -0.05) is 35.7 Å². The first kappa shape index (κ1) is 21.5. The number of methoxy groups -OCH3 is 1. The van der Waals surface area contributed by atoms with Crippen molar-refractivity contribution in [2.24, 2.45) is 0 Å². The van der Waals surface area contributed by atoms with E-state index >= 15 is 0 Å². The molecule has 0 saturated carbocycles. The number of hydrogen-bond acceptors (Lipinski definition) is 9. The molecule has 7 nitrogen and oxygen atoms in total. The predicted octanol–water partition coefficient (Wildman–Crippen LogP) is 3.17. The van der Waals surface area contributed by atoms with Crippen LogP contribution < -0.4 is 10.1 Å². The normalized spacial score (nSPS) is 11.7. The molecule has 0 aliphatic heterocycles. The second kappa shape index (κ2) is 11.2. The van der Waals surface area contributed by atoms with E-state index in [0.717, 1.165) is 9.90 Å². The Morgan fingerprint density at radius 2 is 2.04 bits per heavy atom. The van der Waals surface area contributed by atoms with Crippen LogP contribution in [0.25, 0.3) is 0 Å². The number of carbonyl (C=O) groups excluding carboxylic acids is 2. The van der Waals surface area contributed by atoms with Crippen molar-refractivity contribution in [1.82, 2.24) is 14.7 Å². The van der Waals surface area contributed by atoms with Gasteiger partial charge >= 0.3 is 5.97 Å². The lowest BCUT2D eigenvalue weighted by molar-refractivity contribution is -0.143. The summed E-state index contributed by atoms with van der Waals surface area (Å²) in [4.78, 5) is 28.6. The molecule has 0 aliphatic rings. The highest BCUT2D eigenvalue weighted by Gasteiger charge is 2.20. The lowest BCUT2D eigenvalue weighted by Crippen LogP contribution is -2.31. The second-order valence-corrected chi connectivity index (χ2v) is 7.99. The van der Waals surface area contributed by atoms with E-state index in [2.05, 4.69) is 14.7 Å². The van der Waals surface area contributed by atoms with Crippen molar-refractivity contribution in [1.29, 1.82) is 0 Å². The van der Waals surface area contributed by atoms with Gasteiger partial charge in [-0.2, -0.15) is 4.37 Å². The molecule has 2 rings (SSSR count). The van der Waals surface area contributed by atoms with Crippen molar-refractivity contribution in [3.8, 4) is 5.75 Å². The minimum absolute atomic E-state index is 0.0615. The van der Waals surface area contributed by atoms with Gasteiger partial charge in [-0.15, -0.1) is 0 Å². The molecule has 1 amide bonds. The van der Waals surface area contributed by atoms with Gasteiger partial charge in [-0.25, -0.2) is 4.98 Å². The summed E-state index contributed by atoms with van der Waals surface area (Å²) in [6.45, 7) is 2.05. The molecule has 1 aromatic carbocycles. The number of benzene rings is 1. The maximum Gasteiger partial charge on any atom is 0.308 e. The number of carbonyl (C=O) groups is 2. The summed E-state index contributed by atoms with van der Waals surface area (Å²) in [7, 11) is 1.58. The minimum atomic E-state index is -0.473. The zero-order valence-electron chi connectivity index (χ0n) is 15.3. The van der Waals surface area contributed by atoms with Crippen LogP contribution in [0.3, 0.4) is 0 Å². The Bertz CT molecular complexity index is 752. The Morgan fingerprint density at radius 3 is 2.63 bits per heavy atom. The largest absolute Gasteiger partial charge is 0.497 e. The zero-order chi connectivity index (χ0) is 19.6. The molecular formula is C17H21N3O4S3. The van der Waals surface area contributed by atoms with Crippen molar-refractivity contribution in [3.63, 3.8) is 0 Å². The fourth-order valence-electron chi connectivity index (χ4n) is 2.18. The van der Waals surface area contributed by atoms with Gasteiger partial charge < -0.3 is 14.8 Å². The summed E-state index contributed by atoms with van der Waals surface area (Å²) in [6, 6.07) is 6.76. The molecule has 1 aromatic heterocycles. The Hall–Kier alpha value is -1.78. The summed E-state index contributed by atoms with van der Waals surface area (Å²) in [6.07, 6.45) is 1.96. The van der Waals surface area contributed by atoms with Crippen LogP contribution >= 0.6 is 35.1 Å². The number of rotatable bonds is 10. The number of nitrogens with one attached hydrogen (secondary N) is 1. The molecule has 0 unspecified atom stereocenters. The van der Waals surface area contributed by atoms with Crippen molar-refractivity contribution in [3.05, 3.63) is 29.8 Å². The van der Waals surface area contributed by atoms with Crippen molar-refractivity contribution in [2.75, 3.05) is 25.7 Å². The first-order valence-corrected chi connectivity index (χ1v) is 11.1. The maximum atomic E-state index is 12.4. The van der Waals surface area contributed by atoms with Crippen LogP contribution in [-0.4, -0.2) is 47.0 Å². The SMILES string of the molecule is CCOC(=O)C[C@@H](NC(=O)CSc1nc(SC)ns1)c1ccc(OC)cc1. The van der Waals surface area contributed by atoms with Crippen molar-refractivity contribution in [2.45, 2.75) is 28.9 Å². The van der Waals surface area contributed by atoms with E-state index in [1.54, 1.807) is 26.2 Å². The lowest BCUT2D eigenvalue weighted by atomic mass is 10.0. The number of ether oxygens (including phenoxy) is 2. The number of amides is 1. The molecule has 146 valence electrons. The van der Waals surface area contributed by atoms with Gasteiger partial charge in [0.2, 0.25) is 11.1 Å². The second-order valence-electron chi connectivity index (χ2n) is 5.24. The fourth-order valence-corrected chi connectivity index (χ4v) is 4.20. The standard InChI is InChI=1S/C17H21N3O4S3/c1-4-24-15(22)9-13(11-5-7-12(23-2)8-6-11)18-14(21)10-26-17-19-16(25-3)20-27-17/h5-8,13H,4,9-10H2,1-3H3,(H,18,21)/t13-/m1/s1. The summed E-state index contributed by atoms with van der Waals surface area (Å²) in [5.41, 5.74) is 0.808. The van der Waals surface area contributed by atoms with Gasteiger partial charge in [0.1, 0.15) is 5.75 Å². The lowest BCUT2D eigenvalue weighted by Gasteiger charge is -2.18. The summed E-state index contributed by atoms with van der Waals surface area (Å²) < 4.78 is 15.1. The number of thioether (sulfide) groups is 2. The van der Waals surface area contributed by atoms with Crippen LogP contribution in [0, 0.1) is 0 Å². The van der Waals surface area contributed by atoms with E-state index in [-0.39, 0.29) is 24.1 Å². The quantitative estimate of drug-likeness (QED) is 0.457. The van der Waals surface area contributed by atoms with Gasteiger partial charge in [-0.3, -0.25) is 9.59 Å². The zero-order valence-corrected chi connectivity index (χ0v) is 17.7. The summed E-state index contributed by atoms with van der Waals surface area (Å²) >= 11 is 4.05. The average molecular weight is 428 g/mol. The highest BCUT2D eigenvalue weighted by molar-refractivity contribution is 8.01. The van der Waals surface area contributed by atoms with E-state index in [1.165, 1.54) is 35.1 Å². The smallest absolute Gasteiger partial charge is 0.308 e. The summed E-state index contributed by atoms with van der Waals surface area (Å²) in [5.74, 6) is 0.348. The Kier molecular flexibility index (Phi) is 8.89. The van der Waals surface area contributed by atoms with Crippen LogP contribution in [0.1, 0.15) is 24.9 Å². The maximum absolute atomic E-state index is 12.4. The number of esters is 1. The molecule has 0 aliphatic carbocycles. The van der Waals surface area contributed by atoms with E-state index < -0.39 is 6.04 Å². The van der Waals surface area contributed by atoms with Crippen molar-refractivity contribution >= 4 is 46.9 Å². The summed E-state index contributed by atoms with van der Waals surface area (Å²) in [5, 5.41) is 3.60. The van der Waals surface area contributed by atoms with Crippen molar-refractivity contribution < 1.29 is 19.1 Å². The number of aromatic nitrogens is 2. The average Bonchev–Trinajstić information content (AvgIpc) is 3.14. The first-order valence-electron chi connectivity index (χ1n) is 8.15. The molecular weight excluding hydrogens is 406 g/mol. The van der Waals surface area contributed by atoms with Crippen LogP contribution in [0.15, 0.2) is 33.8 Å². The molecule has 10 heteroatoms. The highest BCUT2D eigenvalue weighted by Crippen LogP contribution is 2.24. The first-order chi connectivity index (χ1) is 13.0. The fraction of sp³-hybridized carbons (Fsp3) is 0.412. The molecule has 1 atom stereocenters. The topological polar surface area (TPSA) is 90.4 Å². The van der Waals surface area contributed by atoms with E-state index in [1.807, 2.05) is 18.4 Å². The van der Waals surface area contributed by atoms with Crippen LogP contribution in [0.4, 0.5) is 0 Å². The molecule has 0 bridgehead atoms. The molecule has 0 fully saturated rings. The van der Waals surface area contributed by atoms with Gasteiger partial charge in [0.15, 0.2) is 4.34 Å². The molecule has 0 radical (unpaired) electrons. The molecule has 27 heavy (non-hydrogen) atoms. The van der Waals surface area contributed by atoms with Crippen LogP contribution in [-0.2, 0) is 14.3 Å². The van der Waals surface area contributed by atoms with Gasteiger partial charge in [0, 0.05) is 0 Å². The van der Waals surface area contributed by atoms with Crippen LogP contribution in [0.2, 0.25) is 0 Å². The molecule has 1 N–H and O–H groups in total. The van der Waals surface area contributed by atoms with E-state index in [0.29, 0.717) is 17.5 Å². The Morgan fingerprint density at radius 1 is 1.30 bits per heavy atom. The monoisotopic (exact) mass is 427 g/mol. The van der Waals surface area contributed by atoms with Gasteiger partial charge in [0.05, 0.1) is 31.9 Å². The van der Waals surface area contributed by atoms with E-state index in [4.69, 9.17) is 9.47 Å². The van der Waals surface area contributed by atoms with E-state index in [9.17, 15) is 9.59 Å². The molecule has 0 spiro atoms. The highest BCUT2D eigenvalue weighted by atomic mass is 32.2. The third-order valence-corrected chi connectivity index (χ3v) is 5.92. The third kappa shape index (κ3) is 7.04. The third-order valence-electron chi connectivity index (χ3n) is 3.43. The Labute approximate surface area is 170 Å². The van der Waals surface area contributed by atoms with Gasteiger partial charge in [-0.05, 0) is 42.4 Å². The minimum Gasteiger partial charge on any atom is -0.497 e. The van der Waals surface area contributed by atoms with Gasteiger partial charge in [0.25, 0.3) is 0 Å². The number of nitrogens with zero attached hydrogens (tertiary/aromatic N) is 2. The molecule has 0 saturated heterocycles. The number of hydrogen-bond donors (Lipinski definition) is 1. The van der Waals surface area contributed by atoms with Crippen LogP contribution in [0.5, 0.6) is 5.75 Å². The predicted molar refractivity (Wildman–Crippen MR) is 108 cm³/mol. The molecule has 2 aromatic rings.